The summed E-state index contributed by atoms with van der Waals surface area (Å²) in [5.74, 6) is 3.01. The lowest BCUT2D eigenvalue weighted by molar-refractivity contribution is -0.145. The van der Waals surface area contributed by atoms with Gasteiger partial charge in [-0.15, -0.1) is 0 Å². The van der Waals surface area contributed by atoms with Crippen LogP contribution in [-0.4, -0.2) is 47.6 Å². The molecule has 0 radical (unpaired) electrons. The van der Waals surface area contributed by atoms with Gasteiger partial charge in [-0.3, -0.25) is 9.59 Å². The Balaban J connectivity index is 1.75. The number of nitrogens with two attached hydrogens (primary N) is 1. The maximum absolute atomic E-state index is 12.5. The number of hydrogen-bond donors (Lipinski definition) is 4. The van der Waals surface area contributed by atoms with Crippen LogP contribution in [-0.2, 0) is 21.0 Å². The Morgan fingerprint density at radius 2 is 2.03 bits per heavy atom. The van der Waals surface area contributed by atoms with Gasteiger partial charge < -0.3 is 25.5 Å². The predicted octanol–water partition coefficient (Wildman–Crippen LogP) is 3.73. The van der Waals surface area contributed by atoms with Crippen molar-refractivity contribution in [2.75, 3.05) is 18.9 Å². The molecule has 2 aromatic carbocycles. The maximum Gasteiger partial charge on any atom is 0.324 e. The fourth-order valence-corrected chi connectivity index (χ4v) is 4.67. The summed E-state index contributed by atoms with van der Waals surface area (Å²) >= 11 is 12.7. The number of likely N-dealkylation sites (N-methyl/N-ethyl adjacent to an activating group) is 1. The number of benzene rings is 2. The molecule has 9 nitrogen and oxygen atoms in total. The Labute approximate surface area is 207 Å². The molecule has 0 saturated carbocycles. The number of nitrogens with one attached hydrogen (secondary N) is 2. The normalized spacial score (nSPS) is 16.3. The zero-order valence-electron chi connectivity index (χ0n) is 18.5. The summed E-state index contributed by atoms with van der Waals surface area (Å²) in [5.41, 5.74) is 3.57. The number of aliphatic carboxylic acids is 1. The Kier molecular flexibility index (Phi) is 8.73. The van der Waals surface area contributed by atoms with Gasteiger partial charge in [0.1, 0.15) is 0 Å². The summed E-state index contributed by atoms with van der Waals surface area (Å²) in [7, 11) is 2.01. The monoisotopic (exact) mass is 508 g/mol. The van der Waals surface area contributed by atoms with Crippen molar-refractivity contribution in [1.82, 2.24) is 10.2 Å². The van der Waals surface area contributed by atoms with Gasteiger partial charge >= 0.3 is 18.0 Å². The number of hydrogen-bond acceptors (Lipinski definition) is 6. The van der Waals surface area contributed by atoms with E-state index in [4.69, 9.17) is 34.2 Å². The summed E-state index contributed by atoms with van der Waals surface area (Å²) in [5, 5.41) is 15.6. The van der Waals surface area contributed by atoms with E-state index in [2.05, 4.69) is 20.4 Å². The molecule has 2 amide bonds. The third-order valence-electron chi connectivity index (χ3n) is 5.62. The first-order valence-electron chi connectivity index (χ1n) is 10.6. The van der Waals surface area contributed by atoms with Gasteiger partial charge in [0.2, 0.25) is 0 Å². The van der Waals surface area contributed by atoms with Crippen molar-refractivity contribution in [3.8, 4) is 0 Å². The quantitative estimate of drug-likeness (QED) is 0.399. The molecule has 0 aromatic heterocycles. The molecule has 2 aromatic rings. The number of carbonyl (C=O) groups is 3. The van der Waals surface area contributed by atoms with Gasteiger partial charge in [-0.1, -0.05) is 35.3 Å². The Hall–Kier alpha value is -2.85. The molecule has 0 bridgehead atoms. The minimum Gasteiger partial charge on any atom is -0.481 e. The Bertz CT molecular complexity index is 1080. The summed E-state index contributed by atoms with van der Waals surface area (Å²) in [6.45, 7) is 1.46. The van der Waals surface area contributed by atoms with Crippen LogP contribution in [0.3, 0.4) is 0 Å². The lowest BCUT2D eigenvalue weighted by Crippen LogP contribution is -2.39. The Morgan fingerprint density at radius 3 is 2.74 bits per heavy atom. The number of halogens is 2. The van der Waals surface area contributed by atoms with Crippen molar-refractivity contribution in [3.63, 3.8) is 0 Å². The van der Waals surface area contributed by atoms with Crippen molar-refractivity contribution in [2.45, 2.75) is 37.8 Å². The second kappa shape index (κ2) is 11.5. The third-order valence-corrected chi connectivity index (χ3v) is 6.18. The zero-order valence-corrected chi connectivity index (χ0v) is 20.0. The molecular formula is C23H26Cl2N4O5. The molecule has 1 aliphatic heterocycles. The molecule has 1 heterocycles. The fourth-order valence-electron chi connectivity index (χ4n) is 4.10. The van der Waals surface area contributed by atoms with Crippen molar-refractivity contribution in [1.29, 1.82) is 0 Å². The molecule has 0 spiro atoms. The molecule has 2 unspecified atom stereocenters. The van der Waals surface area contributed by atoms with Crippen LogP contribution in [0.2, 0.25) is 10.0 Å². The molecule has 11 heteroatoms. The average Bonchev–Trinajstić information content (AvgIpc) is 2.77. The first-order valence-corrected chi connectivity index (χ1v) is 11.4. The van der Waals surface area contributed by atoms with Gasteiger partial charge in [-0.25, -0.2) is 4.79 Å². The van der Waals surface area contributed by atoms with E-state index in [1.54, 1.807) is 12.1 Å². The summed E-state index contributed by atoms with van der Waals surface area (Å²) in [6, 6.07) is 9.70. The number of carboxylic acids is 1. The second-order valence-electron chi connectivity index (χ2n) is 8.25. The molecule has 0 fully saturated rings. The maximum atomic E-state index is 12.5. The highest BCUT2D eigenvalue weighted by molar-refractivity contribution is 6.35. The third kappa shape index (κ3) is 6.83. The largest absolute Gasteiger partial charge is 0.481 e. The molecule has 182 valence electrons. The molecule has 34 heavy (non-hydrogen) atoms. The number of amides is 2. The van der Waals surface area contributed by atoms with Crippen molar-refractivity contribution < 1.29 is 24.3 Å². The van der Waals surface area contributed by atoms with Crippen LogP contribution < -0.4 is 16.5 Å². The molecular weight excluding hydrogens is 483 g/mol. The summed E-state index contributed by atoms with van der Waals surface area (Å²) in [4.78, 5) is 41.2. The Morgan fingerprint density at radius 1 is 1.26 bits per heavy atom. The zero-order chi connectivity index (χ0) is 24.8. The van der Waals surface area contributed by atoms with Crippen LogP contribution >= 0.6 is 23.2 Å². The molecule has 1 aliphatic rings. The lowest BCUT2D eigenvalue weighted by Gasteiger charge is -2.33. The molecule has 0 saturated heterocycles. The van der Waals surface area contributed by atoms with Crippen molar-refractivity contribution in [3.05, 3.63) is 63.1 Å². The van der Waals surface area contributed by atoms with Gasteiger partial charge in [-0.05, 0) is 54.4 Å². The first-order chi connectivity index (χ1) is 16.2. The van der Waals surface area contributed by atoms with Gasteiger partial charge in [0.15, 0.2) is 0 Å². The van der Waals surface area contributed by atoms with Gasteiger partial charge in [0, 0.05) is 47.2 Å². The van der Waals surface area contributed by atoms with Crippen molar-refractivity contribution >= 4 is 46.9 Å². The highest BCUT2D eigenvalue weighted by Crippen LogP contribution is 2.38. The van der Waals surface area contributed by atoms with E-state index in [1.807, 2.05) is 31.3 Å². The smallest absolute Gasteiger partial charge is 0.324 e. The minimum absolute atomic E-state index is 0.00297. The van der Waals surface area contributed by atoms with E-state index in [9.17, 15) is 14.4 Å². The average molecular weight is 509 g/mol. The van der Waals surface area contributed by atoms with Crippen LogP contribution in [0.4, 0.5) is 10.5 Å². The number of nitrogens with zero attached hydrogens (tertiary/aromatic N) is 1. The fraction of sp³-hybridized carbons (Fsp3) is 0.348. The van der Waals surface area contributed by atoms with Crippen LogP contribution in [0.1, 0.15) is 41.9 Å². The summed E-state index contributed by atoms with van der Waals surface area (Å²) < 4.78 is 0. The highest BCUT2D eigenvalue weighted by Gasteiger charge is 2.27. The standard InChI is InChI=1S/C23H26Cl2N4O5/c1-29-11-18(17-8-14(24)9-20(25)19(17)12-29)13-3-2-4-15(7-13)27-23(33)28-16(10-21(30)31)5-6-22(32)34-26/h2-4,7-9,16,18H,5-6,10-12,26H2,1H3,(H,30,31)(H2,27,28,33). The van der Waals surface area contributed by atoms with Crippen LogP contribution in [0.5, 0.6) is 0 Å². The number of rotatable bonds is 8. The highest BCUT2D eigenvalue weighted by atomic mass is 35.5. The number of carboxylic acid groups (broad SMARTS) is 1. The predicted molar refractivity (Wildman–Crippen MR) is 129 cm³/mol. The van der Waals surface area contributed by atoms with Crippen molar-refractivity contribution in [2.24, 2.45) is 5.90 Å². The topological polar surface area (TPSA) is 134 Å². The number of fused-ring (bicyclic) bond motifs is 1. The molecule has 2 atom stereocenters. The first kappa shape index (κ1) is 25.8. The molecule has 3 rings (SSSR count). The molecule has 0 aliphatic carbocycles. The minimum atomic E-state index is -1.11. The number of urea groups is 1. The number of anilines is 1. The lowest BCUT2D eigenvalue weighted by atomic mass is 9.84. The molecule has 5 N–H and O–H groups in total. The van der Waals surface area contributed by atoms with Crippen LogP contribution in [0.25, 0.3) is 0 Å². The second-order valence-corrected chi connectivity index (χ2v) is 9.10. The van der Waals surface area contributed by atoms with E-state index < -0.39 is 24.0 Å². The van der Waals surface area contributed by atoms with Gasteiger partial charge in [-0.2, -0.15) is 5.90 Å². The van der Waals surface area contributed by atoms with E-state index in [1.165, 1.54) is 0 Å². The summed E-state index contributed by atoms with van der Waals surface area (Å²) in [6.07, 6.45) is -0.398. The van der Waals surface area contributed by atoms with Crippen LogP contribution in [0, 0.1) is 0 Å². The van der Waals surface area contributed by atoms with Crippen LogP contribution in [0.15, 0.2) is 36.4 Å². The van der Waals surface area contributed by atoms with E-state index in [-0.39, 0.29) is 25.2 Å². The number of carbonyl (C=O) groups excluding carboxylic acids is 2. The van der Waals surface area contributed by atoms with Gasteiger partial charge in [0.25, 0.3) is 0 Å². The van der Waals surface area contributed by atoms with E-state index >= 15 is 0 Å². The van der Waals surface area contributed by atoms with Gasteiger partial charge in [0.05, 0.1) is 6.42 Å². The van der Waals surface area contributed by atoms with E-state index in [0.717, 1.165) is 23.2 Å². The van der Waals surface area contributed by atoms with E-state index in [0.29, 0.717) is 22.3 Å². The SMILES string of the molecule is CN1Cc2c(Cl)cc(Cl)cc2C(c2cccc(NC(=O)NC(CCC(=O)ON)CC(=O)O)c2)C1.